The first-order valence-electron chi connectivity index (χ1n) is 9.90. The zero-order valence-corrected chi connectivity index (χ0v) is 15.5. The first-order chi connectivity index (χ1) is 12.7. The van der Waals surface area contributed by atoms with Gasteiger partial charge in [0.05, 0.1) is 5.69 Å². The molecule has 26 heavy (non-hydrogen) atoms. The number of amides is 1. The lowest BCUT2D eigenvalue weighted by atomic mass is 9.84. The Morgan fingerprint density at radius 3 is 2.77 bits per heavy atom. The summed E-state index contributed by atoms with van der Waals surface area (Å²) in [6, 6.07) is 10.4. The van der Waals surface area contributed by atoms with Crippen LogP contribution >= 0.6 is 0 Å². The Morgan fingerprint density at radius 2 is 2.00 bits per heavy atom. The average Bonchev–Trinajstić information content (AvgIpc) is 3.09. The SMILES string of the molecule is CC(NC(=O)c1nc(-c2ccccc2)n2c1CNCC2)C1CCCCC1. The summed E-state index contributed by atoms with van der Waals surface area (Å²) >= 11 is 0. The van der Waals surface area contributed by atoms with Gasteiger partial charge in [0, 0.05) is 31.2 Å². The molecule has 1 saturated carbocycles. The first kappa shape index (κ1) is 17.3. The Morgan fingerprint density at radius 1 is 1.23 bits per heavy atom. The fraction of sp³-hybridized carbons (Fsp3) is 0.524. The summed E-state index contributed by atoms with van der Waals surface area (Å²) in [5, 5.41) is 6.62. The maximum atomic E-state index is 13.0. The van der Waals surface area contributed by atoms with Crippen LogP contribution in [0.2, 0.25) is 0 Å². The number of rotatable bonds is 4. The molecule has 0 spiro atoms. The summed E-state index contributed by atoms with van der Waals surface area (Å²) in [4.78, 5) is 17.8. The number of nitrogens with zero attached hydrogens (tertiary/aromatic N) is 2. The monoisotopic (exact) mass is 352 g/mol. The van der Waals surface area contributed by atoms with Gasteiger partial charge in [-0.15, -0.1) is 0 Å². The lowest BCUT2D eigenvalue weighted by molar-refractivity contribution is 0.0913. The van der Waals surface area contributed by atoms with Crippen LogP contribution in [0.15, 0.2) is 30.3 Å². The Labute approximate surface area is 155 Å². The number of hydrogen-bond acceptors (Lipinski definition) is 3. The van der Waals surface area contributed by atoms with Gasteiger partial charge in [0.1, 0.15) is 5.82 Å². The molecule has 4 rings (SSSR count). The van der Waals surface area contributed by atoms with Gasteiger partial charge in [-0.25, -0.2) is 4.98 Å². The summed E-state index contributed by atoms with van der Waals surface area (Å²) in [6.45, 7) is 4.59. The Balaban J connectivity index is 1.59. The third-order valence-corrected chi connectivity index (χ3v) is 5.84. The van der Waals surface area contributed by atoms with Crippen LogP contribution in [0.1, 0.15) is 55.2 Å². The van der Waals surface area contributed by atoms with Crippen LogP contribution in [0.25, 0.3) is 11.4 Å². The molecule has 1 unspecified atom stereocenters. The predicted octanol–water partition coefficient (Wildman–Crippen LogP) is 3.35. The van der Waals surface area contributed by atoms with E-state index in [0.29, 0.717) is 18.2 Å². The second-order valence-corrected chi connectivity index (χ2v) is 7.59. The van der Waals surface area contributed by atoms with E-state index in [4.69, 9.17) is 4.98 Å². The molecule has 1 atom stereocenters. The Kier molecular flexibility index (Phi) is 5.07. The maximum Gasteiger partial charge on any atom is 0.272 e. The number of hydrogen-bond donors (Lipinski definition) is 2. The molecule has 2 aliphatic rings. The lowest BCUT2D eigenvalue weighted by Crippen LogP contribution is -2.40. The molecule has 5 nitrogen and oxygen atoms in total. The molecule has 5 heteroatoms. The Hall–Kier alpha value is -2.14. The van der Waals surface area contributed by atoms with Crippen molar-refractivity contribution >= 4 is 5.91 Å². The second kappa shape index (κ2) is 7.62. The predicted molar refractivity (Wildman–Crippen MR) is 103 cm³/mol. The van der Waals surface area contributed by atoms with Crippen molar-refractivity contribution in [3.63, 3.8) is 0 Å². The van der Waals surface area contributed by atoms with Crippen molar-refractivity contribution in [3.05, 3.63) is 41.7 Å². The van der Waals surface area contributed by atoms with E-state index >= 15 is 0 Å². The van der Waals surface area contributed by atoms with Gasteiger partial charge in [0.25, 0.3) is 5.91 Å². The molecular weight excluding hydrogens is 324 g/mol. The number of fused-ring (bicyclic) bond motifs is 1. The molecule has 1 aliphatic carbocycles. The average molecular weight is 352 g/mol. The molecule has 1 amide bonds. The molecule has 1 aromatic heterocycles. The zero-order chi connectivity index (χ0) is 17.9. The number of benzene rings is 1. The first-order valence-corrected chi connectivity index (χ1v) is 9.90. The summed E-state index contributed by atoms with van der Waals surface area (Å²) < 4.78 is 2.20. The third kappa shape index (κ3) is 3.40. The van der Waals surface area contributed by atoms with Gasteiger partial charge in [0.15, 0.2) is 5.69 Å². The van der Waals surface area contributed by atoms with E-state index in [1.165, 1.54) is 32.1 Å². The third-order valence-electron chi connectivity index (χ3n) is 5.84. The van der Waals surface area contributed by atoms with Gasteiger partial charge >= 0.3 is 0 Å². The van der Waals surface area contributed by atoms with E-state index in [9.17, 15) is 4.79 Å². The van der Waals surface area contributed by atoms with Crippen molar-refractivity contribution in [2.24, 2.45) is 5.92 Å². The van der Waals surface area contributed by atoms with E-state index in [2.05, 4.69) is 34.3 Å². The smallest absolute Gasteiger partial charge is 0.272 e. The molecule has 1 aliphatic heterocycles. The molecule has 2 N–H and O–H groups in total. The Bertz CT molecular complexity index is 762. The molecule has 1 aromatic carbocycles. The number of aromatic nitrogens is 2. The maximum absolute atomic E-state index is 13.0. The van der Waals surface area contributed by atoms with Crippen molar-refractivity contribution in [1.82, 2.24) is 20.2 Å². The van der Waals surface area contributed by atoms with E-state index < -0.39 is 0 Å². The zero-order valence-electron chi connectivity index (χ0n) is 15.5. The normalized spacial score (nSPS) is 19.0. The summed E-state index contributed by atoms with van der Waals surface area (Å²) in [7, 11) is 0. The van der Waals surface area contributed by atoms with Crippen molar-refractivity contribution in [2.75, 3.05) is 6.54 Å². The summed E-state index contributed by atoms with van der Waals surface area (Å²) in [5.41, 5.74) is 2.65. The number of nitrogens with one attached hydrogen (secondary N) is 2. The van der Waals surface area contributed by atoms with Gasteiger partial charge < -0.3 is 15.2 Å². The highest BCUT2D eigenvalue weighted by Crippen LogP contribution is 2.27. The standard InChI is InChI=1S/C21H28N4O/c1-15(16-8-4-2-5-9-16)23-21(26)19-18-14-22-12-13-25(18)20(24-19)17-10-6-3-7-11-17/h3,6-7,10-11,15-16,22H,2,4-5,8-9,12-14H2,1H3,(H,23,26). The van der Waals surface area contributed by atoms with Crippen LogP contribution in [0, 0.1) is 5.92 Å². The van der Waals surface area contributed by atoms with Crippen LogP contribution in [-0.2, 0) is 13.1 Å². The minimum atomic E-state index is -0.0299. The number of imidazole rings is 1. The van der Waals surface area contributed by atoms with E-state index in [0.717, 1.165) is 30.2 Å². The highest BCUT2D eigenvalue weighted by molar-refractivity contribution is 5.94. The largest absolute Gasteiger partial charge is 0.348 e. The molecule has 1 fully saturated rings. The number of carbonyl (C=O) groups is 1. The highest BCUT2D eigenvalue weighted by Gasteiger charge is 2.27. The quantitative estimate of drug-likeness (QED) is 0.887. The van der Waals surface area contributed by atoms with Crippen LogP contribution < -0.4 is 10.6 Å². The van der Waals surface area contributed by atoms with Crippen LogP contribution in [0.3, 0.4) is 0 Å². The number of carbonyl (C=O) groups excluding carboxylic acids is 1. The van der Waals surface area contributed by atoms with Crippen molar-refractivity contribution in [3.8, 4) is 11.4 Å². The lowest BCUT2D eigenvalue weighted by Gasteiger charge is -2.28. The van der Waals surface area contributed by atoms with E-state index in [1.54, 1.807) is 0 Å². The molecule has 2 aromatic rings. The highest BCUT2D eigenvalue weighted by atomic mass is 16.2. The second-order valence-electron chi connectivity index (χ2n) is 7.59. The van der Waals surface area contributed by atoms with E-state index in [1.807, 2.05) is 18.2 Å². The van der Waals surface area contributed by atoms with Gasteiger partial charge in [-0.05, 0) is 25.7 Å². The fourth-order valence-corrected chi connectivity index (χ4v) is 4.32. The van der Waals surface area contributed by atoms with Crippen LogP contribution in [-0.4, -0.2) is 28.0 Å². The van der Waals surface area contributed by atoms with Gasteiger partial charge in [-0.3, -0.25) is 4.79 Å². The van der Waals surface area contributed by atoms with Gasteiger partial charge in [-0.1, -0.05) is 49.6 Å². The minimum Gasteiger partial charge on any atom is -0.348 e. The van der Waals surface area contributed by atoms with Crippen LogP contribution in [0.4, 0.5) is 0 Å². The molecule has 0 saturated heterocycles. The van der Waals surface area contributed by atoms with Crippen molar-refractivity contribution in [2.45, 2.75) is 58.2 Å². The molecule has 0 radical (unpaired) electrons. The topological polar surface area (TPSA) is 59.0 Å². The molecule has 0 bridgehead atoms. The molecule has 138 valence electrons. The van der Waals surface area contributed by atoms with Gasteiger partial charge in [-0.2, -0.15) is 0 Å². The van der Waals surface area contributed by atoms with Crippen LogP contribution in [0.5, 0.6) is 0 Å². The van der Waals surface area contributed by atoms with Crippen molar-refractivity contribution < 1.29 is 4.79 Å². The summed E-state index contributed by atoms with van der Waals surface area (Å²) in [5.74, 6) is 1.47. The van der Waals surface area contributed by atoms with Crippen molar-refractivity contribution in [1.29, 1.82) is 0 Å². The molecule has 2 heterocycles. The fourth-order valence-electron chi connectivity index (χ4n) is 4.32. The van der Waals surface area contributed by atoms with E-state index in [-0.39, 0.29) is 11.9 Å². The minimum absolute atomic E-state index is 0.0299. The van der Waals surface area contributed by atoms with Gasteiger partial charge in [0.2, 0.25) is 0 Å². The molecular formula is C21H28N4O. The summed E-state index contributed by atoms with van der Waals surface area (Å²) in [6.07, 6.45) is 6.34.